The number of aromatic nitrogens is 1. The first kappa shape index (κ1) is 19.5. The van der Waals surface area contributed by atoms with E-state index >= 15 is 0 Å². The molecule has 1 heterocycles. The minimum absolute atomic E-state index is 0.0259. The number of benzene rings is 1. The Morgan fingerprint density at radius 3 is 2.67 bits per heavy atom. The molecule has 0 saturated heterocycles. The maximum Gasteiger partial charge on any atom is 0.281 e. The van der Waals surface area contributed by atoms with Gasteiger partial charge >= 0.3 is 0 Å². The average Bonchev–Trinajstić information content (AvgIpc) is 2.85. The minimum Gasteiger partial charge on any atom is -0.322 e. The number of halogens is 2. The number of alkyl halides is 2. The molecule has 1 aromatic carbocycles. The summed E-state index contributed by atoms with van der Waals surface area (Å²) >= 11 is 0. The zero-order valence-electron chi connectivity index (χ0n) is 16.2. The predicted octanol–water partition coefficient (Wildman–Crippen LogP) is 6.08. The van der Waals surface area contributed by atoms with Crippen LogP contribution >= 0.6 is 0 Å². The van der Waals surface area contributed by atoms with E-state index in [2.05, 4.69) is 44.1 Å². The van der Waals surface area contributed by atoms with Gasteiger partial charge in [-0.25, -0.2) is 8.78 Å². The van der Waals surface area contributed by atoms with Crippen LogP contribution in [-0.4, -0.2) is 10.9 Å². The molecule has 1 aliphatic carbocycles. The predicted molar refractivity (Wildman–Crippen MR) is 103 cm³/mol. The molecule has 1 atom stereocenters. The Morgan fingerprint density at radius 1 is 1.26 bits per heavy atom. The molecule has 1 aliphatic rings. The topological polar surface area (TPSA) is 42.0 Å². The lowest BCUT2D eigenvalue weighted by atomic mass is 9.85. The van der Waals surface area contributed by atoms with Gasteiger partial charge in [-0.1, -0.05) is 39.8 Å². The van der Waals surface area contributed by atoms with Gasteiger partial charge in [0.05, 0.1) is 5.56 Å². The zero-order valence-corrected chi connectivity index (χ0v) is 16.2. The summed E-state index contributed by atoms with van der Waals surface area (Å²) in [6.45, 7) is 8.81. The number of anilines is 1. The molecule has 3 rings (SSSR count). The Hall–Kier alpha value is -2.30. The second kappa shape index (κ2) is 7.37. The SMILES string of the molecule is CC(C)C[C@@H]1CC(C)(C)c2cccc(NC(=O)c3cccnc3C(F)F)c21. The molecule has 1 N–H and O–H groups in total. The molecule has 1 aromatic heterocycles. The summed E-state index contributed by atoms with van der Waals surface area (Å²) in [5.41, 5.74) is 2.55. The number of pyridine rings is 1. The number of carbonyl (C=O) groups excluding carboxylic acids is 1. The lowest BCUT2D eigenvalue weighted by Gasteiger charge is -2.19. The quantitative estimate of drug-likeness (QED) is 0.691. The van der Waals surface area contributed by atoms with Gasteiger partial charge in [0, 0.05) is 11.9 Å². The summed E-state index contributed by atoms with van der Waals surface area (Å²) < 4.78 is 26.4. The van der Waals surface area contributed by atoms with E-state index in [1.54, 1.807) is 0 Å². The van der Waals surface area contributed by atoms with Crippen LogP contribution in [0.2, 0.25) is 0 Å². The van der Waals surface area contributed by atoms with Crippen LogP contribution in [0.3, 0.4) is 0 Å². The molecule has 0 fully saturated rings. The molecule has 1 amide bonds. The summed E-state index contributed by atoms with van der Waals surface area (Å²) in [5, 5.41) is 2.88. The first-order chi connectivity index (χ1) is 12.7. The highest BCUT2D eigenvalue weighted by molar-refractivity contribution is 6.05. The van der Waals surface area contributed by atoms with E-state index in [-0.39, 0.29) is 11.0 Å². The summed E-state index contributed by atoms with van der Waals surface area (Å²) in [4.78, 5) is 16.4. The van der Waals surface area contributed by atoms with Crippen LogP contribution in [0.15, 0.2) is 36.5 Å². The van der Waals surface area contributed by atoms with Crippen molar-refractivity contribution in [2.24, 2.45) is 5.92 Å². The van der Waals surface area contributed by atoms with Crippen molar-refractivity contribution in [3.05, 3.63) is 58.9 Å². The lowest BCUT2D eigenvalue weighted by molar-refractivity contribution is 0.100. The summed E-state index contributed by atoms with van der Waals surface area (Å²) in [6.07, 6.45) is 0.529. The van der Waals surface area contributed by atoms with Crippen molar-refractivity contribution in [2.45, 2.75) is 58.3 Å². The van der Waals surface area contributed by atoms with Crippen LogP contribution in [0.5, 0.6) is 0 Å². The van der Waals surface area contributed by atoms with Crippen LogP contribution in [0.25, 0.3) is 0 Å². The Bertz CT molecular complexity index is 846. The second-order valence-corrected chi connectivity index (χ2v) is 8.37. The van der Waals surface area contributed by atoms with Crippen LogP contribution in [0.4, 0.5) is 14.5 Å². The number of rotatable bonds is 5. The number of nitrogens with zero attached hydrogens (tertiary/aromatic N) is 1. The average molecular weight is 372 g/mol. The van der Waals surface area contributed by atoms with E-state index in [0.717, 1.165) is 24.1 Å². The van der Waals surface area contributed by atoms with E-state index in [9.17, 15) is 13.6 Å². The molecule has 0 unspecified atom stereocenters. The van der Waals surface area contributed by atoms with Gasteiger partial charge < -0.3 is 5.32 Å². The summed E-state index contributed by atoms with van der Waals surface area (Å²) in [5.74, 6) is 0.332. The van der Waals surface area contributed by atoms with Gasteiger partial charge in [-0.15, -0.1) is 0 Å². The number of hydrogen-bond donors (Lipinski definition) is 1. The maximum atomic E-state index is 13.2. The van der Waals surface area contributed by atoms with E-state index in [4.69, 9.17) is 0 Å². The number of hydrogen-bond acceptors (Lipinski definition) is 2. The molecule has 27 heavy (non-hydrogen) atoms. The fourth-order valence-corrected chi connectivity index (χ4v) is 4.28. The molecule has 0 bridgehead atoms. The van der Waals surface area contributed by atoms with Crippen molar-refractivity contribution in [3.63, 3.8) is 0 Å². The zero-order chi connectivity index (χ0) is 19.8. The van der Waals surface area contributed by atoms with Gasteiger partial charge in [-0.05, 0) is 59.4 Å². The normalized spacial score (nSPS) is 18.0. The second-order valence-electron chi connectivity index (χ2n) is 8.37. The monoisotopic (exact) mass is 372 g/mol. The van der Waals surface area contributed by atoms with Crippen molar-refractivity contribution in [1.82, 2.24) is 4.98 Å². The Morgan fingerprint density at radius 2 is 2.00 bits per heavy atom. The Balaban J connectivity index is 1.98. The Labute approximate surface area is 159 Å². The molecule has 0 radical (unpaired) electrons. The highest BCUT2D eigenvalue weighted by Crippen LogP contribution is 2.50. The number of fused-ring (bicyclic) bond motifs is 1. The summed E-state index contributed by atoms with van der Waals surface area (Å²) in [6, 6.07) is 8.79. The molecular formula is C22H26F2N2O. The van der Waals surface area contributed by atoms with Crippen molar-refractivity contribution >= 4 is 11.6 Å². The van der Waals surface area contributed by atoms with Gasteiger partial charge in [0.25, 0.3) is 12.3 Å². The molecule has 0 spiro atoms. The van der Waals surface area contributed by atoms with Crippen molar-refractivity contribution in [2.75, 3.05) is 5.32 Å². The Kier molecular flexibility index (Phi) is 5.31. The van der Waals surface area contributed by atoms with Gasteiger partial charge in [0.15, 0.2) is 0 Å². The highest BCUT2D eigenvalue weighted by Gasteiger charge is 2.38. The van der Waals surface area contributed by atoms with E-state index in [1.165, 1.54) is 23.9 Å². The highest BCUT2D eigenvalue weighted by atomic mass is 19.3. The third kappa shape index (κ3) is 3.87. The van der Waals surface area contributed by atoms with Gasteiger partial charge in [-0.2, -0.15) is 0 Å². The first-order valence-electron chi connectivity index (χ1n) is 9.38. The third-order valence-electron chi connectivity index (χ3n) is 5.29. The molecule has 3 nitrogen and oxygen atoms in total. The van der Waals surface area contributed by atoms with Gasteiger partial charge in [-0.3, -0.25) is 9.78 Å². The smallest absolute Gasteiger partial charge is 0.281 e. The fourth-order valence-electron chi connectivity index (χ4n) is 4.28. The summed E-state index contributed by atoms with van der Waals surface area (Å²) in [7, 11) is 0. The van der Waals surface area contributed by atoms with Crippen LogP contribution in [-0.2, 0) is 5.41 Å². The number of nitrogens with one attached hydrogen (secondary N) is 1. The van der Waals surface area contributed by atoms with Crippen molar-refractivity contribution in [1.29, 1.82) is 0 Å². The standard InChI is InChI=1S/C22H26F2N2O/c1-13(2)11-14-12-22(3,4)16-8-5-9-17(18(14)16)26-21(27)15-7-6-10-25-19(15)20(23)24/h5-10,13-14,20H,11-12H2,1-4H3,(H,26,27)/t14-/m1/s1. The molecule has 5 heteroatoms. The molecule has 2 aromatic rings. The molecule has 144 valence electrons. The van der Waals surface area contributed by atoms with Crippen LogP contribution in [0.1, 0.15) is 80.1 Å². The fraction of sp³-hybridized carbons (Fsp3) is 0.455. The van der Waals surface area contributed by atoms with E-state index in [1.807, 2.05) is 12.1 Å². The molecule has 0 aliphatic heterocycles. The van der Waals surface area contributed by atoms with Crippen LogP contribution < -0.4 is 5.32 Å². The van der Waals surface area contributed by atoms with Gasteiger partial charge in [0.2, 0.25) is 0 Å². The third-order valence-corrected chi connectivity index (χ3v) is 5.29. The van der Waals surface area contributed by atoms with E-state index < -0.39 is 18.0 Å². The van der Waals surface area contributed by atoms with E-state index in [0.29, 0.717) is 11.8 Å². The molecular weight excluding hydrogens is 346 g/mol. The number of amides is 1. The van der Waals surface area contributed by atoms with Crippen molar-refractivity contribution in [3.8, 4) is 0 Å². The van der Waals surface area contributed by atoms with Crippen LogP contribution in [0, 0.1) is 5.92 Å². The minimum atomic E-state index is -2.79. The first-order valence-corrected chi connectivity index (χ1v) is 9.38. The largest absolute Gasteiger partial charge is 0.322 e. The number of carbonyl (C=O) groups is 1. The van der Waals surface area contributed by atoms with Gasteiger partial charge in [0.1, 0.15) is 5.69 Å². The maximum absolute atomic E-state index is 13.2. The molecule has 0 saturated carbocycles. The lowest BCUT2D eigenvalue weighted by Crippen LogP contribution is -2.17. The van der Waals surface area contributed by atoms with Crippen molar-refractivity contribution < 1.29 is 13.6 Å².